The van der Waals surface area contributed by atoms with Crippen LogP contribution in [0.3, 0.4) is 0 Å². The van der Waals surface area contributed by atoms with E-state index in [0.717, 1.165) is 5.56 Å². The van der Waals surface area contributed by atoms with Crippen molar-refractivity contribution in [1.82, 2.24) is 9.88 Å². The number of amides is 1. The number of sulfone groups is 1. The molecule has 7 heteroatoms. The lowest BCUT2D eigenvalue weighted by Crippen LogP contribution is -2.36. The first-order valence-corrected chi connectivity index (χ1v) is 10.9. The lowest BCUT2D eigenvalue weighted by molar-refractivity contribution is 0.0690. The van der Waals surface area contributed by atoms with Crippen molar-refractivity contribution in [3.63, 3.8) is 0 Å². The molecule has 1 fully saturated rings. The zero-order chi connectivity index (χ0) is 19.4. The number of carbonyl (C=O) groups is 1. The van der Waals surface area contributed by atoms with Crippen LogP contribution >= 0.6 is 0 Å². The van der Waals surface area contributed by atoms with Crippen molar-refractivity contribution in [1.29, 1.82) is 0 Å². The summed E-state index contributed by atoms with van der Waals surface area (Å²) < 4.78 is 23.3. The van der Waals surface area contributed by atoms with Gasteiger partial charge in [-0.15, -0.1) is 0 Å². The highest BCUT2D eigenvalue weighted by atomic mass is 32.2. The van der Waals surface area contributed by atoms with Crippen LogP contribution in [-0.4, -0.2) is 47.8 Å². The summed E-state index contributed by atoms with van der Waals surface area (Å²) in [5.74, 6) is 0.232. The molecule has 1 unspecified atom stereocenters. The maximum Gasteiger partial charge on any atom is 0.256 e. The van der Waals surface area contributed by atoms with Gasteiger partial charge in [0, 0.05) is 31.0 Å². The molecule has 3 rings (SSSR count). The van der Waals surface area contributed by atoms with E-state index in [2.05, 4.69) is 10.3 Å². The van der Waals surface area contributed by atoms with Gasteiger partial charge in [0.1, 0.15) is 0 Å². The van der Waals surface area contributed by atoms with Crippen molar-refractivity contribution in [3.8, 4) is 0 Å². The topological polar surface area (TPSA) is 79.4 Å². The predicted octanol–water partition coefficient (Wildman–Crippen LogP) is 2.73. The Morgan fingerprint density at radius 1 is 1.26 bits per heavy atom. The van der Waals surface area contributed by atoms with Crippen LogP contribution in [0.5, 0.6) is 0 Å². The highest BCUT2D eigenvalue weighted by Crippen LogP contribution is 2.19. The van der Waals surface area contributed by atoms with Gasteiger partial charge < -0.3 is 10.2 Å². The molecule has 0 radical (unpaired) electrons. The molecular formula is C20H25N3O3S. The molecule has 1 amide bonds. The minimum Gasteiger partial charge on any atom is -0.380 e. The molecule has 27 heavy (non-hydrogen) atoms. The number of nitrogens with one attached hydrogen (secondary N) is 1. The minimum absolute atomic E-state index is 0.0364. The normalized spacial score (nSPS) is 18.4. The lowest BCUT2D eigenvalue weighted by atomic mass is 10.1. The summed E-state index contributed by atoms with van der Waals surface area (Å²) >= 11 is 0. The quantitative estimate of drug-likeness (QED) is 0.824. The summed E-state index contributed by atoms with van der Waals surface area (Å²) in [6, 6.07) is 11.5. The Morgan fingerprint density at radius 3 is 2.63 bits per heavy atom. The first-order chi connectivity index (χ1) is 12.8. The molecule has 1 aromatic carbocycles. The SMILES string of the molecule is CC(C)N(Cc1ccccc1)C(=O)c1cncc(NC2CCS(=O)(=O)C2)c1. The first kappa shape index (κ1) is 19.4. The maximum atomic E-state index is 13.0. The molecule has 1 aliphatic rings. The molecule has 1 aromatic heterocycles. The Balaban J connectivity index is 1.75. The van der Waals surface area contributed by atoms with E-state index in [0.29, 0.717) is 24.2 Å². The summed E-state index contributed by atoms with van der Waals surface area (Å²) in [6.07, 6.45) is 3.75. The van der Waals surface area contributed by atoms with Crippen molar-refractivity contribution in [2.45, 2.75) is 38.9 Å². The Morgan fingerprint density at radius 2 is 2.00 bits per heavy atom. The van der Waals surface area contributed by atoms with Gasteiger partial charge >= 0.3 is 0 Å². The van der Waals surface area contributed by atoms with Crippen LogP contribution in [0.25, 0.3) is 0 Å². The van der Waals surface area contributed by atoms with E-state index >= 15 is 0 Å². The van der Waals surface area contributed by atoms with Crippen LogP contribution in [0.15, 0.2) is 48.8 Å². The second-order valence-electron chi connectivity index (χ2n) is 7.22. The van der Waals surface area contributed by atoms with Crippen molar-refractivity contribution >= 4 is 21.4 Å². The summed E-state index contributed by atoms with van der Waals surface area (Å²) in [7, 11) is -2.96. The van der Waals surface area contributed by atoms with Crippen LogP contribution in [0.4, 0.5) is 5.69 Å². The predicted molar refractivity (Wildman–Crippen MR) is 106 cm³/mol. The van der Waals surface area contributed by atoms with E-state index in [1.807, 2.05) is 44.2 Å². The van der Waals surface area contributed by atoms with Gasteiger partial charge in [0.2, 0.25) is 0 Å². The molecular weight excluding hydrogens is 362 g/mol. The molecule has 144 valence electrons. The summed E-state index contributed by atoms with van der Waals surface area (Å²) in [5.41, 5.74) is 2.23. The van der Waals surface area contributed by atoms with E-state index in [9.17, 15) is 13.2 Å². The van der Waals surface area contributed by atoms with Gasteiger partial charge in [-0.25, -0.2) is 8.42 Å². The minimum atomic E-state index is -2.96. The van der Waals surface area contributed by atoms with Crippen LogP contribution < -0.4 is 5.32 Å². The number of rotatable bonds is 6. The third-order valence-corrected chi connectivity index (χ3v) is 6.44. The Bertz CT molecular complexity index is 898. The average molecular weight is 388 g/mol. The standard InChI is InChI=1S/C20H25N3O3S/c1-15(2)23(13-16-6-4-3-5-7-16)20(24)17-10-19(12-21-11-17)22-18-8-9-27(25,26)14-18/h3-7,10-12,15,18,22H,8-9,13-14H2,1-2H3. The number of carbonyl (C=O) groups excluding carboxylic acids is 1. The Hall–Kier alpha value is -2.41. The van der Waals surface area contributed by atoms with Crippen molar-refractivity contribution in [2.24, 2.45) is 0 Å². The maximum absolute atomic E-state index is 13.0. The molecule has 0 bridgehead atoms. The number of pyridine rings is 1. The fraction of sp³-hybridized carbons (Fsp3) is 0.400. The first-order valence-electron chi connectivity index (χ1n) is 9.11. The highest BCUT2D eigenvalue weighted by molar-refractivity contribution is 7.91. The number of hydrogen-bond donors (Lipinski definition) is 1. The molecule has 1 atom stereocenters. The molecule has 0 spiro atoms. The smallest absolute Gasteiger partial charge is 0.256 e. The van der Waals surface area contributed by atoms with Gasteiger partial charge in [-0.05, 0) is 31.9 Å². The van der Waals surface area contributed by atoms with E-state index in [1.54, 1.807) is 23.4 Å². The average Bonchev–Trinajstić information content (AvgIpc) is 2.98. The summed E-state index contributed by atoms with van der Waals surface area (Å²) in [6.45, 7) is 4.50. The number of hydrogen-bond acceptors (Lipinski definition) is 5. The van der Waals surface area contributed by atoms with Crippen molar-refractivity contribution in [2.75, 3.05) is 16.8 Å². The van der Waals surface area contributed by atoms with Gasteiger partial charge in [0.05, 0.1) is 22.8 Å². The zero-order valence-corrected chi connectivity index (χ0v) is 16.4. The van der Waals surface area contributed by atoms with E-state index in [-0.39, 0.29) is 29.5 Å². The van der Waals surface area contributed by atoms with E-state index < -0.39 is 9.84 Å². The summed E-state index contributed by atoms with van der Waals surface area (Å²) in [4.78, 5) is 19.0. The molecule has 1 aliphatic heterocycles. The fourth-order valence-electron chi connectivity index (χ4n) is 3.22. The number of benzene rings is 1. The number of aromatic nitrogens is 1. The van der Waals surface area contributed by atoms with Crippen LogP contribution in [0.2, 0.25) is 0 Å². The Labute approximate surface area is 160 Å². The lowest BCUT2D eigenvalue weighted by Gasteiger charge is -2.27. The monoisotopic (exact) mass is 387 g/mol. The van der Waals surface area contributed by atoms with Crippen LogP contribution in [0.1, 0.15) is 36.2 Å². The van der Waals surface area contributed by atoms with Crippen molar-refractivity contribution < 1.29 is 13.2 Å². The number of anilines is 1. The van der Waals surface area contributed by atoms with Gasteiger partial charge in [-0.1, -0.05) is 30.3 Å². The molecule has 2 heterocycles. The molecule has 1 saturated heterocycles. The molecule has 0 aliphatic carbocycles. The third-order valence-electron chi connectivity index (χ3n) is 4.67. The van der Waals surface area contributed by atoms with Gasteiger partial charge in [-0.3, -0.25) is 9.78 Å². The van der Waals surface area contributed by atoms with Gasteiger partial charge in [0.25, 0.3) is 5.91 Å². The second kappa shape index (κ2) is 8.08. The third kappa shape index (κ3) is 5.07. The molecule has 6 nitrogen and oxygen atoms in total. The zero-order valence-electron chi connectivity index (χ0n) is 15.6. The van der Waals surface area contributed by atoms with Gasteiger partial charge in [-0.2, -0.15) is 0 Å². The summed E-state index contributed by atoms with van der Waals surface area (Å²) in [5, 5.41) is 3.20. The molecule has 1 N–H and O–H groups in total. The largest absolute Gasteiger partial charge is 0.380 e. The molecule has 2 aromatic rings. The van der Waals surface area contributed by atoms with Crippen molar-refractivity contribution in [3.05, 3.63) is 59.9 Å². The van der Waals surface area contributed by atoms with Crippen LogP contribution in [0, 0.1) is 0 Å². The van der Waals surface area contributed by atoms with Crippen LogP contribution in [-0.2, 0) is 16.4 Å². The molecule has 0 saturated carbocycles. The number of nitrogens with zero attached hydrogens (tertiary/aromatic N) is 2. The second-order valence-corrected chi connectivity index (χ2v) is 9.45. The van der Waals surface area contributed by atoms with E-state index in [1.165, 1.54) is 0 Å². The highest BCUT2D eigenvalue weighted by Gasteiger charge is 2.28. The van der Waals surface area contributed by atoms with E-state index in [4.69, 9.17) is 0 Å². The Kier molecular flexibility index (Phi) is 5.79. The fourth-order valence-corrected chi connectivity index (χ4v) is 4.89. The van der Waals surface area contributed by atoms with Gasteiger partial charge in [0.15, 0.2) is 9.84 Å².